The van der Waals surface area contributed by atoms with Crippen LogP contribution in [0.4, 0.5) is 11.4 Å². The molecule has 7 nitrogen and oxygen atoms in total. The van der Waals surface area contributed by atoms with Gasteiger partial charge in [-0.2, -0.15) is 0 Å². The lowest BCUT2D eigenvalue weighted by Crippen LogP contribution is -2.43. The molecule has 0 saturated heterocycles. The fourth-order valence-electron chi connectivity index (χ4n) is 3.60. The highest BCUT2D eigenvalue weighted by Crippen LogP contribution is 2.33. The number of carbonyl (C=O) groups excluding carboxylic acids is 1. The van der Waals surface area contributed by atoms with E-state index in [-0.39, 0.29) is 11.5 Å². The van der Waals surface area contributed by atoms with Crippen molar-refractivity contribution >= 4 is 45.8 Å². The van der Waals surface area contributed by atoms with Crippen LogP contribution in [0.2, 0.25) is 5.02 Å². The summed E-state index contributed by atoms with van der Waals surface area (Å²) in [5.74, 6) is 0.370. The van der Waals surface area contributed by atoms with Crippen LogP contribution in [0.3, 0.4) is 0 Å². The van der Waals surface area contributed by atoms with Crippen LogP contribution < -0.4 is 29.8 Å². The molecule has 0 fully saturated rings. The number of benzene rings is 2. The first kappa shape index (κ1) is 18.9. The Hall–Kier alpha value is -3.10. The zero-order valence-corrected chi connectivity index (χ0v) is 17.6. The number of hydrogen-bond donors (Lipinski definition) is 1. The summed E-state index contributed by atoms with van der Waals surface area (Å²) in [5.41, 5.74) is 2.42. The van der Waals surface area contributed by atoms with Gasteiger partial charge < -0.3 is 15.0 Å². The Balaban J connectivity index is 1.62. The zero-order chi connectivity index (χ0) is 20.8. The first-order valence-corrected chi connectivity index (χ1v) is 10.6. The summed E-state index contributed by atoms with van der Waals surface area (Å²) >= 11 is 7.22. The molecule has 9 heteroatoms. The van der Waals surface area contributed by atoms with Crippen LogP contribution >= 0.6 is 22.9 Å². The minimum absolute atomic E-state index is 0.225. The summed E-state index contributed by atoms with van der Waals surface area (Å²) in [6.45, 7) is 3.20. The summed E-state index contributed by atoms with van der Waals surface area (Å²) in [5, 5.41) is 3.49. The maximum absolute atomic E-state index is 13.2. The first-order chi connectivity index (χ1) is 14.5. The highest BCUT2D eigenvalue weighted by Gasteiger charge is 2.28. The molecule has 3 heterocycles. The third kappa shape index (κ3) is 3.09. The largest absolute Gasteiger partial charge is 0.494 e. The van der Waals surface area contributed by atoms with Crippen LogP contribution in [0.15, 0.2) is 52.3 Å². The third-order valence-corrected chi connectivity index (χ3v) is 6.38. The second-order valence-electron chi connectivity index (χ2n) is 6.87. The smallest absolute Gasteiger partial charge is 0.272 e. The third-order valence-electron chi connectivity index (χ3n) is 5.02. The summed E-state index contributed by atoms with van der Waals surface area (Å²) in [6.07, 6.45) is 0. The van der Waals surface area contributed by atoms with E-state index in [4.69, 9.17) is 16.3 Å². The summed E-state index contributed by atoms with van der Waals surface area (Å²) in [4.78, 5) is 33.1. The van der Waals surface area contributed by atoms with Gasteiger partial charge in [0.15, 0.2) is 4.80 Å². The molecular weight excluding hydrogens is 424 g/mol. The SMILES string of the molecule is CCOc1ccc2c(c1)/C(=c1/sc3n(c1=O)CN(c1ccc(Cl)cc1)CN=3)C(=O)N2. The number of amides is 1. The van der Waals surface area contributed by atoms with Crippen molar-refractivity contribution < 1.29 is 9.53 Å². The Morgan fingerprint density at radius 1 is 1.20 bits per heavy atom. The highest BCUT2D eigenvalue weighted by atomic mass is 35.5. The van der Waals surface area contributed by atoms with E-state index < -0.39 is 0 Å². The van der Waals surface area contributed by atoms with Gasteiger partial charge in [-0.3, -0.25) is 14.2 Å². The van der Waals surface area contributed by atoms with Gasteiger partial charge >= 0.3 is 0 Å². The Morgan fingerprint density at radius 2 is 2.00 bits per heavy atom. The Bertz CT molecular complexity index is 1340. The molecule has 0 aliphatic carbocycles. The average Bonchev–Trinajstić information content (AvgIpc) is 3.24. The molecule has 2 aromatic carbocycles. The van der Waals surface area contributed by atoms with Crippen LogP contribution in [0, 0.1) is 0 Å². The van der Waals surface area contributed by atoms with Crippen LogP contribution in [0.1, 0.15) is 12.5 Å². The van der Waals surface area contributed by atoms with Gasteiger partial charge in [0.1, 0.15) is 23.6 Å². The van der Waals surface area contributed by atoms with Crippen LogP contribution in [0.25, 0.3) is 5.57 Å². The number of hydrogen-bond acceptors (Lipinski definition) is 6. The van der Waals surface area contributed by atoms with Crippen molar-refractivity contribution in [1.29, 1.82) is 0 Å². The van der Waals surface area contributed by atoms with Crippen LogP contribution in [0.5, 0.6) is 5.75 Å². The van der Waals surface area contributed by atoms with Gasteiger partial charge in [-0.25, -0.2) is 4.99 Å². The van der Waals surface area contributed by atoms with Crippen LogP contribution in [-0.4, -0.2) is 23.7 Å². The number of nitrogens with zero attached hydrogens (tertiary/aromatic N) is 3. The monoisotopic (exact) mass is 440 g/mol. The quantitative estimate of drug-likeness (QED) is 0.677. The van der Waals surface area contributed by atoms with Gasteiger partial charge in [0.05, 0.1) is 12.2 Å². The van der Waals surface area contributed by atoms with Crippen LogP contribution in [-0.2, 0) is 11.5 Å². The van der Waals surface area contributed by atoms with Gasteiger partial charge in [-0.05, 0) is 49.4 Å². The molecule has 0 saturated carbocycles. The molecule has 1 amide bonds. The van der Waals surface area contributed by atoms with Crippen molar-refractivity contribution in [3.63, 3.8) is 0 Å². The number of thiazole rings is 1. The van der Waals surface area contributed by atoms with Gasteiger partial charge in [-0.1, -0.05) is 22.9 Å². The number of carbonyl (C=O) groups is 1. The molecule has 0 spiro atoms. The van der Waals surface area contributed by atoms with Crippen molar-refractivity contribution in [3.05, 3.63) is 72.7 Å². The summed E-state index contributed by atoms with van der Waals surface area (Å²) < 4.78 is 7.55. The summed E-state index contributed by atoms with van der Waals surface area (Å²) in [7, 11) is 0. The molecule has 2 aliphatic heterocycles. The van der Waals surface area contributed by atoms with Gasteiger partial charge in [0.2, 0.25) is 0 Å². The maximum atomic E-state index is 13.2. The average molecular weight is 441 g/mol. The van der Waals surface area contributed by atoms with Gasteiger partial charge in [-0.15, -0.1) is 0 Å². The molecule has 2 aliphatic rings. The molecule has 5 rings (SSSR count). The van der Waals surface area contributed by atoms with Gasteiger partial charge in [0.25, 0.3) is 11.5 Å². The van der Waals surface area contributed by atoms with E-state index in [1.165, 1.54) is 11.3 Å². The highest BCUT2D eigenvalue weighted by molar-refractivity contribution is 7.07. The van der Waals surface area contributed by atoms with Crippen molar-refractivity contribution in [2.24, 2.45) is 4.99 Å². The van der Waals surface area contributed by atoms with Crippen molar-refractivity contribution in [2.45, 2.75) is 13.6 Å². The van der Waals surface area contributed by atoms with E-state index in [2.05, 4.69) is 10.3 Å². The fraction of sp³-hybridized carbons (Fsp3) is 0.190. The lowest BCUT2D eigenvalue weighted by Gasteiger charge is -2.25. The Kier molecular flexibility index (Phi) is 4.60. The lowest BCUT2D eigenvalue weighted by atomic mass is 10.1. The molecule has 3 aromatic rings. The Labute approximate surface area is 180 Å². The molecule has 0 unspecified atom stereocenters. The molecule has 1 N–H and O–H groups in total. The molecule has 152 valence electrons. The van der Waals surface area contributed by atoms with E-state index in [1.807, 2.05) is 24.0 Å². The van der Waals surface area contributed by atoms with E-state index in [1.54, 1.807) is 34.9 Å². The Morgan fingerprint density at radius 3 is 2.77 bits per heavy atom. The number of ether oxygens (including phenoxy) is 1. The predicted octanol–water partition coefficient (Wildman–Crippen LogP) is 2.17. The standard InChI is InChI=1S/C21H17ClN4O3S/c1-2-29-14-7-8-16-15(9-14)17(19(27)24-16)18-20(28)26-11-25(10-23-21(26)30-18)13-5-3-12(22)4-6-13/h3-9H,2,10-11H2,1H3,(H,24,27)/b18-17-. The molecular formula is C21H17ClN4O3S. The van der Waals surface area contributed by atoms with Crippen molar-refractivity contribution in [2.75, 3.05) is 23.5 Å². The molecule has 0 bridgehead atoms. The van der Waals surface area contributed by atoms with Gasteiger partial charge in [0, 0.05) is 22.0 Å². The molecule has 1 aromatic heterocycles. The topological polar surface area (TPSA) is 75.9 Å². The normalized spacial score (nSPS) is 16.6. The van der Waals surface area contributed by atoms with E-state index in [0.29, 0.717) is 56.9 Å². The fourth-order valence-corrected chi connectivity index (χ4v) is 4.79. The van der Waals surface area contributed by atoms with E-state index in [9.17, 15) is 9.59 Å². The maximum Gasteiger partial charge on any atom is 0.272 e. The van der Waals surface area contributed by atoms with Crippen molar-refractivity contribution in [1.82, 2.24) is 4.57 Å². The second-order valence-corrected chi connectivity index (χ2v) is 8.29. The van der Waals surface area contributed by atoms with E-state index >= 15 is 0 Å². The van der Waals surface area contributed by atoms with E-state index in [0.717, 1.165) is 5.69 Å². The predicted molar refractivity (Wildman–Crippen MR) is 117 cm³/mol. The lowest BCUT2D eigenvalue weighted by molar-refractivity contribution is -0.110. The number of fused-ring (bicyclic) bond motifs is 2. The second kappa shape index (κ2) is 7.30. The molecule has 0 atom stereocenters. The zero-order valence-electron chi connectivity index (χ0n) is 16.0. The minimum atomic E-state index is -0.287. The number of rotatable bonds is 3. The molecule has 0 radical (unpaired) electrons. The first-order valence-electron chi connectivity index (χ1n) is 9.42. The van der Waals surface area contributed by atoms with Crippen molar-refractivity contribution in [3.8, 4) is 5.75 Å². The summed E-state index contributed by atoms with van der Waals surface area (Å²) in [6, 6.07) is 12.8. The number of aromatic nitrogens is 1. The number of nitrogens with one attached hydrogen (secondary N) is 1. The molecule has 30 heavy (non-hydrogen) atoms. The minimum Gasteiger partial charge on any atom is -0.494 e. The number of halogens is 1. The number of anilines is 2.